The third kappa shape index (κ3) is 4.16. The molecule has 1 atom stereocenters. The van der Waals surface area contributed by atoms with Gasteiger partial charge in [0.25, 0.3) is 0 Å². The summed E-state index contributed by atoms with van der Waals surface area (Å²) in [5, 5.41) is 4.57. The maximum Gasteiger partial charge on any atom is 0.346 e. The van der Waals surface area contributed by atoms with Crippen molar-refractivity contribution in [1.29, 1.82) is 0 Å². The summed E-state index contributed by atoms with van der Waals surface area (Å²) in [5.74, 6) is 0.293. The first-order chi connectivity index (χ1) is 14.1. The highest BCUT2D eigenvalue weighted by atomic mass is 16.2. The average Bonchev–Trinajstić information content (AvgIpc) is 3.08. The van der Waals surface area contributed by atoms with E-state index in [1.807, 2.05) is 55.6 Å². The molecule has 6 nitrogen and oxygen atoms in total. The molecule has 4 rings (SSSR count). The number of fused-ring (bicyclic) bond motifs is 1. The van der Waals surface area contributed by atoms with E-state index in [2.05, 4.69) is 17.2 Å². The molecule has 150 valence electrons. The minimum atomic E-state index is -0.353. The first-order valence-corrected chi connectivity index (χ1v) is 10.1. The number of hydrogen-bond acceptors (Lipinski definition) is 3. The molecule has 1 unspecified atom stereocenters. The largest absolute Gasteiger partial charge is 0.346 e. The molecule has 29 heavy (non-hydrogen) atoms. The Bertz CT molecular complexity index is 1020. The third-order valence-electron chi connectivity index (χ3n) is 5.57. The summed E-state index contributed by atoms with van der Waals surface area (Å²) in [6, 6.07) is 20.0. The van der Waals surface area contributed by atoms with Gasteiger partial charge in [0.1, 0.15) is 5.82 Å². The highest BCUT2D eigenvalue weighted by Gasteiger charge is 2.33. The van der Waals surface area contributed by atoms with Crippen molar-refractivity contribution < 1.29 is 4.79 Å². The Hall–Kier alpha value is -3.15. The summed E-state index contributed by atoms with van der Waals surface area (Å²) in [6.07, 6.45) is 2.36. The second kappa shape index (κ2) is 8.47. The van der Waals surface area contributed by atoms with Crippen LogP contribution < -0.4 is 5.69 Å². The summed E-state index contributed by atoms with van der Waals surface area (Å²) in [5.41, 5.74) is 2.10. The lowest BCUT2D eigenvalue weighted by molar-refractivity contribution is -0.132. The summed E-state index contributed by atoms with van der Waals surface area (Å²) < 4.78 is 3.17. The SMILES string of the molecule is CN(CCc1ccccc1)C(=O)C1CCCn2c1nn(Cc1ccccc1)c2=O. The van der Waals surface area contributed by atoms with E-state index in [0.717, 1.165) is 24.8 Å². The van der Waals surface area contributed by atoms with E-state index in [9.17, 15) is 9.59 Å². The van der Waals surface area contributed by atoms with Gasteiger partial charge in [-0.25, -0.2) is 9.48 Å². The van der Waals surface area contributed by atoms with Crippen LogP contribution >= 0.6 is 0 Å². The van der Waals surface area contributed by atoms with Gasteiger partial charge < -0.3 is 4.90 Å². The Balaban J connectivity index is 1.50. The number of likely N-dealkylation sites (N-methyl/N-ethyl adjacent to an activating group) is 1. The lowest BCUT2D eigenvalue weighted by Crippen LogP contribution is -2.37. The van der Waals surface area contributed by atoms with Gasteiger partial charge in [0, 0.05) is 20.1 Å². The standard InChI is InChI=1S/C23H26N4O2/c1-25(16-14-18-9-4-2-5-10-18)22(28)20-13-8-15-26-21(20)24-27(23(26)29)17-19-11-6-3-7-12-19/h2-7,9-12,20H,8,13-17H2,1H3. The van der Waals surface area contributed by atoms with E-state index in [1.54, 1.807) is 9.47 Å². The lowest BCUT2D eigenvalue weighted by Gasteiger charge is -2.26. The van der Waals surface area contributed by atoms with Crippen molar-refractivity contribution in [3.05, 3.63) is 88.1 Å². The minimum absolute atomic E-state index is 0.0405. The van der Waals surface area contributed by atoms with Crippen LogP contribution in [0.2, 0.25) is 0 Å². The zero-order chi connectivity index (χ0) is 20.2. The van der Waals surface area contributed by atoms with Gasteiger partial charge in [-0.15, -0.1) is 0 Å². The zero-order valence-corrected chi connectivity index (χ0v) is 16.7. The minimum Gasteiger partial charge on any atom is -0.345 e. The normalized spacial score (nSPS) is 15.7. The van der Waals surface area contributed by atoms with Crippen molar-refractivity contribution in [2.45, 2.75) is 38.3 Å². The van der Waals surface area contributed by atoms with Crippen LogP contribution in [0, 0.1) is 0 Å². The average molecular weight is 390 g/mol. The molecule has 0 radical (unpaired) electrons. The Kier molecular flexibility index (Phi) is 5.60. The smallest absolute Gasteiger partial charge is 0.345 e. The van der Waals surface area contributed by atoms with Crippen molar-refractivity contribution in [2.24, 2.45) is 0 Å². The molecule has 0 fully saturated rings. The molecule has 1 aromatic heterocycles. The highest BCUT2D eigenvalue weighted by molar-refractivity contribution is 5.82. The van der Waals surface area contributed by atoms with E-state index >= 15 is 0 Å². The van der Waals surface area contributed by atoms with Gasteiger partial charge in [-0.1, -0.05) is 60.7 Å². The van der Waals surface area contributed by atoms with Crippen LogP contribution in [0.25, 0.3) is 0 Å². The molecule has 0 saturated heterocycles. The number of nitrogens with zero attached hydrogens (tertiary/aromatic N) is 4. The molecule has 2 aromatic carbocycles. The first kappa shape index (κ1) is 19.2. The Morgan fingerprint density at radius 2 is 1.72 bits per heavy atom. The second-order valence-electron chi connectivity index (χ2n) is 7.63. The molecule has 0 aliphatic carbocycles. The molecular weight excluding hydrogens is 364 g/mol. The second-order valence-corrected chi connectivity index (χ2v) is 7.63. The van der Waals surface area contributed by atoms with E-state index < -0.39 is 0 Å². The molecule has 1 aliphatic rings. The van der Waals surface area contributed by atoms with Crippen LogP contribution in [0.3, 0.4) is 0 Å². The van der Waals surface area contributed by atoms with Gasteiger partial charge in [-0.2, -0.15) is 5.10 Å². The molecule has 2 heterocycles. The van der Waals surface area contributed by atoms with Crippen LogP contribution in [0.1, 0.15) is 35.7 Å². The van der Waals surface area contributed by atoms with Gasteiger partial charge in [0.05, 0.1) is 12.5 Å². The fraction of sp³-hybridized carbons (Fsp3) is 0.348. The quantitative estimate of drug-likeness (QED) is 0.650. The van der Waals surface area contributed by atoms with Gasteiger partial charge in [0.2, 0.25) is 5.91 Å². The van der Waals surface area contributed by atoms with Crippen molar-refractivity contribution in [2.75, 3.05) is 13.6 Å². The number of aromatic nitrogens is 3. The van der Waals surface area contributed by atoms with Gasteiger partial charge in [0.15, 0.2) is 0 Å². The molecule has 0 N–H and O–H groups in total. The van der Waals surface area contributed by atoms with Crippen LogP contribution in [-0.2, 0) is 24.3 Å². The summed E-state index contributed by atoms with van der Waals surface area (Å²) in [4.78, 5) is 27.7. The molecule has 0 saturated carbocycles. The topological polar surface area (TPSA) is 60.1 Å². The molecule has 1 aliphatic heterocycles. The van der Waals surface area contributed by atoms with Crippen LogP contribution in [0.5, 0.6) is 0 Å². The van der Waals surface area contributed by atoms with E-state index in [1.165, 1.54) is 10.2 Å². The maximum atomic E-state index is 13.1. The number of rotatable bonds is 6. The highest BCUT2D eigenvalue weighted by Crippen LogP contribution is 2.26. The molecular formula is C23H26N4O2. The van der Waals surface area contributed by atoms with Crippen LogP contribution in [-0.4, -0.2) is 38.7 Å². The molecule has 0 bridgehead atoms. The number of amides is 1. The molecule has 1 amide bonds. The van der Waals surface area contributed by atoms with Gasteiger partial charge >= 0.3 is 5.69 Å². The maximum absolute atomic E-state index is 13.1. The predicted molar refractivity (Wildman–Crippen MR) is 112 cm³/mol. The predicted octanol–water partition coefficient (Wildman–Crippen LogP) is 2.67. The van der Waals surface area contributed by atoms with E-state index in [4.69, 9.17) is 0 Å². The Labute approximate surface area is 170 Å². The fourth-order valence-corrected chi connectivity index (χ4v) is 3.92. The zero-order valence-electron chi connectivity index (χ0n) is 16.7. The number of benzene rings is 2. The number of carbonyl (C=O) groups excluding carboxylic acids is 1. The van der Waals surface area contributed by atoms with Crippen molar-refractivity contribution in [3.8, 4) is 0 Å². The van der Waals surface area contributed by atoms with Crippen molar-refractivity contribution in [1.82, 2.24) is 19.2 Å². The first-order valence-electron chi connectivity index (χ1n) is 10.1. The molecule has 6 heteroatoms. The summed E-state index contributed by atoms with van der Waals surface area (Å²) in [7, 11) is 1.84. The number of carbonyl (C=O) groups is 1. The van der Waals surface area contributed by atoms with Crippen LogP contribution in [0.4, 0.5) is 0 Å². The summed E-state index contributed by atoms with van der Waals surface area (Å²) in [6.45, 7) is 1.69. The fourth-order valence-electron chi connectivity index (χ4n) is 3.92. The van der Waals surface area contributed by atoms with Gasteiger partial charge in [-0.3, -0.25) is 9.36 Å². The lowest BCUT2D eigenvalue weighted by atomic mass is 9.97. The third-order valence-corrected chi connectivity index (χ3v) is 5.57. The summed E-state index contributed by atoms with van der Waals surface area (Å²) >= 11 is 0. The van der Waals surface area contributed by atoms with Gasteiger partial charge in [-0.05, 0) is 30.4 Å². The van der Waals surface area contributed by atoms with Crippen LogP contribution in [0.15, 0.2) is 65.5 Å². The monoisotopic (exact) mass is 390 g/mol. The van der Waals surface area contributed by atoms with Crippen molar-refractivity contribution >= 4 is 5.91 Å². The Morgan fingerprint density at radius 3 is 2.41 bits per heavy atom. The van der Waals surface area contributed by atoms with E-state index in [0.29, 0.717) is 25.5 Å². The molecule has 0 spiro atoms. The molecule has 3 aromatic rings. The Morgan fingerprint density at radius 1 is 1.07 bits per heavy atom. The van der Waals surface area contributed by atoms with E-state index in [-0.39, 0.29) is 17.5 Å². The number of hydrogen-bond donors (Lipinski definition) is 0. The van der Waals surface area contributed by atoms with Crippen molar-refractivity contribution in [3.63, 3.8) is 0 Å².